The number of para-hydroxylation sites is 1. The van der Waals surface area contributed by atoms with E-state index < -0.39 is 4.92 Å². The molecule has 2 N–H and O–H groups in total. The summed E-state index contributed by atoms with van der Waals surface area (Å²) in [6.45, 7) is 0. The Morgan fingerprint density at radius 2 is 2.04 bits per heavy atom. The summed E-state index contributed by atoms with van der Waals surface area (Å²) in [6.07, 6.45) is 4.22. The first kappa shape index (κ1) is 16.3. The number of aromatic nitrogens is 1. The van der Waals surface area contributed by atoms with Gasteiger partial charge in [-0.05, 0) is 30.0 Å². The molecule has 26 heavy (non-hydrogen) atoms. The fraction of sp³-hybridized carbons (Fsp3) is 0.250. The van der Waals surface area contributed by atoms with Crippen molar-refractivity contribution in [1.82, 2.24) is 10.3 Å². The predicted octanol–water partition coefficient (Wildman–Crippen LogP) is 3.88. The number of nitro benzene ring substituents is 1. The molecular weight excluding hydrogens is 330 g/mol. The summed E-state index contributed by atoms with van der Waals surface area (Å²) in [5.41, 5.74) is 2.78. The third kappa shape index (κ3) is 3.31. The number of nitrogens with zero attached hydrogens (tertiary/aromatic N) is 1. The van der Waals surface area contributed by atoms with Gasteiger partial charge >= 0.3 is 0 Å². The van der Waals surface area contributed by atoms with Crippen molar-refractivity contribution in [2.24, 2.45) is 0 Å². The van der Waals surface area contributed by atoms with Crippen molar-refractivity contribution < 1.29 is 9.72 Å². The van der Waals surface area contributed by atoms with Crippen molar-refractivity contribution in [2.75, 3.05) is 0 Å². The van der Waals surface area contributed by atoms with Crippen LogP contribution >= 0.6 is 0 Å². The molecule has 1 atom stereocenters. The monoisotopic (exact) mass is 349 g/mol. The molecule has 2 aromatic carbocycles. The number of rotatable bonds is 6. The van der Waals surface area contributed by atoms with Gasteiger partial charge in [-0.3, -0.25) is 14.9 Å². The van der Waals surface area contributed by atoms with Gasteiger partial charge in [-0.15, -0.1) is 0 Å². The van der Waals surface area contributed by atoms with E-state index in [1.807, 2.05) is 36.5 Å². The third-order valence-electron chi connectivity index (χ3n) is 4.81. The molecule has 1 amide bonds. The third-order valence-corrected chi connectivity index (χ3v) is 4.81. The summed E-state index contributed by atoms with van der Waals surface area (Å²) in [5.74, 6) is -0.265. The number of carbonyl (C=O) groups is 1. The van der Waals surface area contributed by atoms with Gasteiger partial charge in [0, 0.05) is 47.6 Å². The number of nitrogens with one attached hydrogen (secondary N) is 2. The average molecular weight is 349 g/mol. The van der Waals surface area contributed by atoms with Crippen LogP contribution in [0.15, 0.2) is 54.7 Å². The number of aromatic amines is 1. The van der Waals surface area contributed by atoms with E-state index in [-0.39, 0.29) is 30.0 Å². The van der Waals surface area contributed by atoms with Gasteiger partial charge in [-0.2, -0.15) is 0 Å². The van der Waals surface area contributed by atoms with Gasteiger partial charge < -0.3 is 10.3 Å². The smallest absolute Gasteiger partial charge is 0.269 e. The van der Waals surface area contributed by atoms with Crippen LogP contribution in [0.25, 0.3) is 10.9 Å². The Hall–Kier alpha value is -3.15. The quantitative estimate of drug-likeness (QED) is 0.523. The molecule has 1 aromatic heterocycles. The van der Waals surface area contributed by atoms with Gasteiger partial charge in [-0.1, -0.05) is 30.3 Å². The normalized spacial score (nSPS) is 14.9. The van der Waals surface area contributed by atoms with E-state index in [0.29, 0.717) is 0 Å². The second-order valence-electron chi connectivity index (χ2n) is 6.74. The van der Waals surface area contributed by atoms with E-state index in [1.165, 1.54) is 6.07 Å². The molecule has 1 fully saturated rings. The Kier molecular flexibility index (Phi) is 4.16. The highest BCUT2D eigenvalue weighted by atomic mass is 16.6. The van der Waals surface area contributed by atoms with Crippen LogP contribution in [-0.4, -0.2) is 21.9 Å². The number of fused-ring (bicyclic) bond motifs is 1. The summed E-state index contributed by atoms with van der Waals surface area (Å²) in [5, 5.41) is 15.2. The lowest BCUT2D eigenvalue weighted by molar-refractivity contribution is -0.384. The van der Waals surface area contributed by atoms with E-state index >= 15 is 0 Å². The molecule has 6 heteroatoms. The number of H-pyrrole nitrogens is 1. The zero-order valence-electron chi connectivity index (χ0n) is 14.1. The summed E-state index contributed by atoms with van der Waals surface area (Å²) in [6, 6.07) is 14.7. The predicted molar refractivity (Wildman–Crippen MR) is 99.0 cm³/mol. The van der Waals surface area contributed by atoms with Crippen molar-refractivity contribution in [2.45, 2.75) is 31.2 Å². The minimum absolute atomic E-state index is 0.0192. The van der Waals surface area contributed by atoms with Crippen molar-refractivity contribution in [3.63, 3.8) is 0 Å². The van der Waals surface area contributed by atoms with E-state index in [4.69, 9.17) is 0 Å². The molecule has 0 unspecified atom stereocenters. The molecule has 132 valence electrons. The first-order valence-corrected chi connectivity index (χ1v) is 8.71. The zero-order chi connectivity index (χ0) is 18.1. The number of non-ortho nitro benzene ring substituents is 1. The first-order chi connectivity index (χ1) is 12.6. The number of hydrogen-bond acceptors (Lipinski definition) is 3. The van der Waals surface area contributed by atoms with Gasteiger partial charge in [0.2, 0.25) is 5.91 Å². The topological polar surface area (TPSA) is 88.0 Å². The molecule has 1 saturated carbocycles. The maximum absolute atomic E-state index is 12.5. The second kappa shape index (κ2) is 6.63. The fourth-order valence-electron chi connectivity index (χ4n) is 3.34. The summed E-state index contributed by atoms with van der Waals surface area (Å²) >= 11 is 0. The summed E-state index contributed by atoms with van der Waals surface area (Å²) in [7, 11) is 0. The SMILES string of the molecule is O=C(C[C@@H](c1cccc([N+](=O)[O-])c1)c1c[nH]c2ccccc12)NC1CC1. The van der Waals surface area contributed by atoms with Crippen molar-refractivity contribution in [3.05, 3.63) is 76.0 Å². The van der Waals surface area contributed by atoms with Gasteiger partial charge in [-0.25, -0.2) is 0 Å². The van der Waals surface area contributed by atoms with E-state index in [9.17, 15) is 14.9 Å². The molecular formula is C20H19N3O3. The zero-order valence-corrected chi connectivity index (χ0v) is 14.1. The molecule has 4 rings (SSSR count). The van der Waals surface area contributed by atoms with Crippen molar-refractivity contribution in [3.8, 4) is 0 Å². The number of nitro groups is 1. The molecule has 0 bridgehead atoms. The van der Waals surface area contributed by atoms with Crippen LogP contribution < -0.4 is 5.32 Å². The minimum Gasteiger partial charge on any atom is -0.361 e. The maximum Gasteiger partial charge on any atom is 0.269 e. The molecule has 1 aliphatic rings. The standard InChI is InChI=1S/C20H19N3O3/c24-20(22-14-8-9-14)11-17(13-4-3-5-15(10-13)23(25)26)18-12-21-19-7-2-1-6-16(18)19/h1-7,10,12,14,17,21H,8-9,11H2,(H,22,24)/t17-/m0/s1. The molecule has 1 aliphatic carbocycles. The molecule has 6 nitrogen and oxygen atoms in total. The van der Waals surface area contributed by atoms with Crippen LogP contribution in [0.3, 0.4) is 0 Å². The van der Waals surface area contributed by atoms with Crippen LogP contribution in [0.1, 0.15) is 36.3 Å². The number of carbonyl (C=O) groups excluding carboxylic acids is 1. The molecule has 3 aromatic rings. The molecule has 1 heterocycles. The largest absolute Gasteiger partial charge is 0.361 e. The Balaban J connectivity index is 1.74. The van der Waals surface area contributed by atoms with Crippen LogP contribution in [0.5, 0.6) is 0 Å². The van der Waals surface area contributed by atoms with E-state index in [1.54, 1.807) is 12.1 Å². The van der Waals surface area contributed by atoms with E-state index in [2.05, 4.69) is 10.3 Å². The highest BCUT2D eigenvalue weighted by Gasteiger charge is 2.27. The summed E-state index contributed by atoms with van der Waals surface area (Å²) in [4.78, 5) is 26.5. The Bertz CT molecular complexity index is 975. The van der Waals surface area contributed by atoms with Crippen LogP contribution in [0.2, 0.25) is 0 Å². The van der Waals surface area contributed by atoms with E-state index in [0.717, 1.165) is 34.9 Å². The van der Waals surface area contributed by atoms with Crippen molar-refractivity contribution >= 4 is 22.5 Å². The van der Waals surface area contributed by atoms with Crippen LogP contribution in [0, 0.1) is 10.1 Å². The lowest BCUT2D eigenvalue weighted by Crippen LogP contribution is -2.27. The first-order valence-electron chi connectivity index (χ1n) is 8.71. The Morgan fingerprint density at radius 1 is 1.23 bits per heavy atom. The fourth-order valence-corrected chi connectivity index (χ4v) is 3.34. The molecule has 0 saturated heterocycles. The number of benzene rings is 2. The van der Waals surface area contributed by atoms with Gasteiger partial charge in [0.25, 0.3) is 5.69 Å². The lowest BCUT2D eigenvalue weighted by Gasteiger charge is -2.17. The second-order valence-corrected chi connectivity index (χ2v) is 6.74. The lowest BCUT2D eigenvalue weighted by atomic mass is 9.87. The van der Waals surface area contributed by atoms with Gasteiger partial charge in [0.15, 0.2) is 0 Å². The minimum atomic E-state index is -0.403. The molecule has 0 spiro atoms. The Labute approximate surface area is 150 Å². The highest BCUT2D eigenvalue weighted by molar-refractivity contribution is 5.86. The van der Waals surface area contributed by atoms with Crippen molar-refractivity contribution in [1.29, 1.82) is 0 Å². The van der Waals surface area contributed by atoms with Crippen LogP contribution in [-0.2, 0) is 4.79 Å². The highest BCUT2D eigenvalue weighted by Crippen LogP contribution is 2.35. The van der Waals surface area contributed by atoms with Gasteiger partial charge in [0.05, 0.1) is 4.92 Å². The van der Waals surface area contributed by atoms with Gasteiger partial charge in [0.1, 0.15) is 0 Å². The number of amides is 1. The molecule has 0 aliphatic heterocycles. The average Bonchev–Trinajstić information content (AvgIpc) is 3.35. The molecule has 0 radical (unpaired) electrons. The Morgan fingerprint density at radius 3 is 2.81 bits per heavy atom. The summed E-state index contributed by atoms with van der Waals surface area (Å²) < 4.78 is 0. The maximum atomic E-state index is 12.5. The van der Waals surface area contributed by atoms with Crippen LogP contribution in [0.4, 0.5) is 5.69 Å². The number of hydrogen-bond donors (Lipinski definition) is 2.